The Morgan fingerprint density at radius 2 is 1.81 bits per heavy atom. The number of ether oxygens (including phenoxy) is 1. The molecule has 6 nitrogen and oxygen atoms in total. The molecule has 0 aliphatic rings. The summed E-state index contributed by atoms with van der Waals surface area (Å²) < 4.78 is 30.2. The fourth-order valence-electron chi connectivity index (χ4n) is 2.31. The molecule has 1 N–H and O–H groups in total. The Morgan fingerprint density at radius 1 is 1.15 bits per heavy atom. The van der Waals surface area contributed by atoms with Crippen LogP contribution in [0.1, 0.15) is 18.1 Å². The number of aryl methyl sites for hydroxylation is 1. The van der Waals surface area contributed by atoms with Crippen LogP contribution >= 0.6 is 0 Å². The number of nitrogens with one attached hydrogen (secondary N) is 1. The minimum Gasteiger partial charge on any atom is -0.481 e. The summed E-state index contributed by atoms with van der Waals surface area (Å²) in [6.45, 7) is 5.60. The summed E-state index contributed by atoms with van der Waals surface area (Å²) in [5.74, 6) is 0.350. The van der Waals surface area contributed by atoms with Gasteiger partial charge in [-0.15, -0.1) is 0 Å². The number of anilines is 2. The average molecular weight is 376 g/mol. The third kappa shape index (κ3) is 4.76. The predicted octanol–water partition coefficient (Wildman–Crippen LogP) is 3.11. The number of rotatable bonds is 6. The molecular weight excluding hydrogens is 352 g/mol. The second-order valence-corrected chi connectivity index (χ2v) is 8.24. The summed E-state index contributed by atoms with van der Waals surface area (Å²) in [7, 11) is -1.91. The Morgan fingerprint density at radius 3 is 2.46 bits per heavy atom. The molecule has 0 aromatic heterocycles. The van der Waals surface area contributed by atoms with Gasteiger partial charge in [0.25, 0.3) is 5.91 Å². The smallest absolute Gasteiger partial charge is 0.265 e. The second-order valence-electron chi connectivity index (χ2n) is 6.23. The highest BCUT2D eigenvalue weighted by atomic mass is 32.2. The van der Waals surface area contributed by atoms with E-state index in [1.807, 2.05) is 32.0 Å². The van der Waals surface area contributed by atoms with Gasteiger partial charge in [-0.2, -0.15) is 0 Å². The summed E-state index contributed by atoms with van der Waals surface area (Å²) in [5.41, 5.74) is 3.04. The van der Waals surface area contributed by atoms with E-state index in [0.717, 1.165) is 21.7 Å². The standard InChI is InChI=1S/C19H24N2O4S/c1-13-8-6-11-18(14(13)2)25-15(3)19(22)20-16-9-7-10-17(12-16)21(4)26(5,23)24/h6-12,15H,1-5H3,(H,20,22)/t15-/m0/s1. The van der Waals surface area contributed by atoms with Crippen LogP contribution in [0.3, 0.4) is 0 Å². The van der Waals surface area contributed by atoms with E-state index < -0.39 is 16.1 Å². The average Bonchev–Trinajstić information content (AvgIpc) is 2.57. The van der Waals surface area contributed by atoms with Crippen molar-refractivity contribution in [1.29, 1.82) is 0 Å². The van der Waals surface area contributed by atoms with E-state index in [-0.39, 0.29) is 5.91 Å². The molecule has 0 unspecified atom stereocenters. The van der Waals surface area contributed by atoms with Crippen molar-refractivity contribution in [3.05, 3.63) is 53.6 Å². The van der Waals surface area contributed by atoms with Crippen LogP contribution in [-0.4, -0.2) is 33.7 Å². The van der Waals surface area contributed by atoms with Crippen LogP contribution < -0.4 is 14.4 Å². The van der Waals surface area contributed by atoms with Gasteiger partial charge in [0.05, 0.1) is 11.9 Å². The molecule has 26 heavy (non-hydrogen) atoms. The zero-order valence-corrected chi connectivity index (χ0v) is 16.4. The number of carbonyl (C=O) groups excluding carboxylic acids is 1. The van der Waals surface area contributed by atoms with Gasteiger partial charge in [-0.1, -0.05) is 18.2 Å². The van der Waals surface area contributed by atoms with Gasteiger partial charge in [0, 0.05) is 12.7 Å². The van der Waals surface area contributed by atoms with Crippen molar-refractivity contribution in [2.24, 2.45) is 0 Å². The van der Waals surface area contributed by atoms with Crippen LogP contribution in [0.2, 0.25) is 0 Å². The van der Waals surface area contributed by atoms with E-state index in [1.54, 1.807) is 31.2 Å². The van der Waals surface area contributed by atoms with E-state index in [0.29, 0.717) is 17.1 Å². The van der Waals surface area contributed by atoms with E-state index in [1.165, 1.54) is 7.05 Å². The van der Waals surface area contributed by atoms with Gasteiger partial charge >= 0.3 is 0 Å². The van der Waals surface area contributed by atoms with Crippen molar-refractivity contribution in [3.63, 3.8) is 0 Å². The molecular formula is C19H24N2O4S. The molecule has 0 saturated carbocycles. The second kappa shape index (κ2) is 7.78. The fraction of sp³-hybridized carbons (Fsp3) is 0.316. The van der Waals surface area contributed by atoms with E-state index in [4.69, 9.17) is 4.74 Å². The molecule has 0 saturated heterocycles. The fourth-order valence-corrected chi connectivity index (χ4v) is 2.81. The Balaban J connectivity index is 2.11. The largest absolute Gasteiger partial charge is 0.481 e. The Kier molecular flexibility index (Phi) is 5.92. The molecule has 1 amide bonds. The van der Waals surface area contributed by atoms with Gasteiger partial charge < -0.3 is 10.1 Å². The quantitative estimate of drug-likeness (QED) is 0.840. The van der Waals surface area contributed by atoms with Crippen LogP contribution in [0.15, 0.2) is 42.5 Å². The maximum atomic E-state index is 12.4. The van der Waals surface area contributed by atoms with Gasteiger partial charge in [-0.05, 0) is 56.2 Å². The Hall–Kier alpha value is -2.54. The molecule has 7 heteroatoms. The molecule has 2 aromatic rings. The van der Waals surface area contributed by atoms with Crippen LogP contribution in [0.25, 0.3) is 0 Å². The normalized spacial score (nSPS) is 12.3. The van der Waals surface area contributed by atoms with Gasteiger partial charge in [0.15, 0.2) is 6.10 Å². The van der Waals surface area contributed by atoms with Crippen molar-refractivity contribution >= 4 is 27.3 Å². The molecule has 0 aliphatic carbocycles. The first-order chi connectivity index (χ1) is 12.1. The molecule has 0 aliphatic heterocycles. The maximum absolute atomic E-state index is 12.4. The number of carbonyl (C=O) groups is 1. The molecule has 0 bridgehead atoms. The zero-order valence-electron chi connectivity index (χ0n) is 15.6. The predicted molar refractivity (Wildman–Crippen MR) is 104 cm³/mol. The number of amides is 1. The SMILES string of the molecule is Cc1cccc(O[C@@H](C)C(=O)Nc2cccc(N(C)S(C)(=O)=O)c2)c1C. The Bertz CT molecular complexity index is 910. The minimum absolute atomic E-state index is 0.315. The lowest BCUT2D eigenvalue weighted by molar-refractivity contribution is -0.122. The molecule has 0 heterocycles. The highest BCUT2D eigenvalue weighted by Crippen LogP contribution is 2.23. The lowest BCUT2D eigenvalue weighted by atomic mass is 10.1. The molecule has 2 rings (SSSR count). The molecule has 0 spiro atoms. The maximum Gasteiger partial charge on any atom is 0.265 e. The van der Waals surface area contributed by atoms with E-state index in [9.17, 15) is 13.2 Å². The minimum atomic E-state index is -3.37. The third-order valence-electron chi connectivity index (χ3n) is 4.20. The van der Waals surface area contributed by atoms with Gasteiger partial charge in [0.1, 0.15) is 5.75 Å². The lowest BCUT2D eigenvalue weighted by Gasteiger charge is -2.19. The lowest BCUT2D eigenvalue weighted by Crippen LogP contribution is -2.30. The highest BCUT2D eigenvalue weighted by molar-refractivity contribution is 7.92. The first-order valence-corrected chi connectivity index (χ1v) is 10.0. The van der Waals surface area contributed by atoms with Gasteiger partial charge in [-0.3, -0.25) is 9.10 Å². The van der Waals surface area contributed by atoms with E-state index in [2.05, 4.69) is 5.32 Å². The first kappa shape index (κ1) is 19.8. The molecule has 0 fully saturated rings. The monoisotopic (exact) mass is 376 g/mol. The molecule has 1 atom stereocenters. The van der Waals surface area contributed by atoms with Crippen LogP contribution in [-0.2, 0) is 14.8 Å². The number of hydrogen-bond donors (Lipinski definition) is 1. The van der Waals surface area contributed by atoms with E-state index >= 15 is 0 Å². The summed E-state index contributed by atoms with van der Waals surface area (Å²) in [6, 6.07) is 12.3. The van der Waals surface area contributed by atoms with Gasteiger partial charge in [-0.25, -0.2) is 8.42 Å². The van der Waals surface area contributed by atoms with Crippen molar-refractivity contribution in [2.45, 2.75) is 26.9 Å². The topological polar surface area (TPSA) is 75.7 Å². The number of benzene rings is 2. The summed E-state index contributed by atoms with van der Waals surface area (Å²) >= 11 is 0. The number of hydrogen-bond acceptors (Lipinski definition) is 4. The van der Waals surface area contributed by atoms with Crippen molar-refractivity contribution in [1.82, 2.24) is 0 Å². The van der Waals surface area contributed by atoms with Crippen molar-refractivity contribution in [3.8, 4) is 5.75 Å². The first-order valence-electron chi connectivity index (χ1n) is 8.17. The summed E-state index contributed by atoms with van der Waals surface area (Å²) in [5, 5.41) is 2.76. The van der Waals surface area contributed by atoms with Crippen LogP contribution in [0.4, 0.5) is 11.4 Å². The third-order valence-corrected chi connectivity index (χ3v) is 5.41. The molecule has 0 radical (unpaired) electrons. The van der Waals surface area contributed by atoms with Crippen molar-refractivity contribution in [2.75, 3.05) is 22.9 Å². The van der Waals surface area contributed by atoms with Crippen molar-refractivity contribution < 1.29 is 17.9 Å². The van der Waals surface area contributed by atoms with Crippen LogP contribution in [0.5, 0.6) is 5.75 Å². The summed E-state index contributed by atoms with van der Waals surface area (Å²) in [4.78, 5) is 12.4. The summed E-state index contributed by atoms with van der Waals surface area (Å²) in [6.07, 6.45) is 0.421. The van der Waals surface area contributed by atoms with Crippen LogP contribution in [0, 0.1) is 13.8 Å². The molecule has 2 aromatic carbocycles. The number of sulfonamides is 1. The van der Waals surface area contributed by atoms with Gasteiger partial charge in [0.2, 0.25) is 10.0 Å². The highest BCUT2D eigenvalue weighted by Gasteiger charge is 2.17. The number of nitrogens with zero attached hydrogens (tertiary/aromatic N) is 1. The molecule has 140 valence electrons. The zero-order chi connectivity index (χ0) is 19.5. The Labute approximate surface area is 154 Å².